The Bertz CT molecular complexity index is 1190. The van der Waals surface area contributed by atoms with Crippen molar-refractivity contribution < 1.29 is 23.8 Å². The average molecular weight is 1010 g/mol. The lowest BCUT2D eigenvalue weighted by Gasteiger charge is -2.18. The van der Waals surface area contributed by atoms with Gasteiger partial charge in [0.05, 0.1) is 6.61 Å². The van der Waals surface area contributed by atoms with Gasteiger partial charge in [0.1, 0.15) is 6.61 Å². The fourth-order valence-electron chi connectivity index (χ4n) is 9.52. The Morgan fingerprint density at radius 3 is 0.972 bits per heavy atom. The first-order valence-corrected chi connectivity index (χ1v) is 32.2. The maximum absolute atomic E-state index is 12.9. The fourth-order valence-corrected chi connectivity index (χ4v) is 9.52. The van der Waals surface area contributed by atoms with Gasteiger partial charge in [-0.1, -0.05) is 294 Å². The Kier molecular flexibility index (Phi) is 61.3. The lowest BCUT2D eigenvalue weighted by Crippen LogP contribution is -2.30. The highest BCUT2D eigenvalue weighted by Crippen LogP contribution is 2.17. The van der Waals surface area contributed by atoms with Crippen LogP contribution in [0.2, 0.25) is 0 Å². The van der Waals surface area contributed by atoms with Crippen molar-refractivity contribution in [3.05, 3.63) is 48.6 Å². The first kappa shape index (κ1) is 69.9. The summed E-state index contributed by atoms with van der Waals surface area (Å²) >= 11 is 0. The van der Waals surface area contributed by atoms with Crippen molar-refractivity contribution in [1.29, 1.82) is 0 Å². The van der Waals surface area contributed by atoms with Crippen molar-refractivity contribution in [3.63, 3.8) is 0 Å². The molecular formula is C67H124O5. The molecule has 0 saturated heterocycles. The Balaban J connectivity index is 4.27. The molecule has 0 aromatic heterocycles. The molecular weight excluding hydrogens is 885 g/mol. The first-order chi connectivity index (χ1) is 35.6. The van der Waals surface area contributed by atoms with Gasteiger partial charge in [-0.3, -0.25) is 9.59 Å². The number of unbranched alkanes of at least 4 members (excludes halogenated alkanes) is 41. The minimum atomic E-state index is -0.542. The van der Waals surface area contributed by atoms with Crippen LogP contribution >= 0.6 is 0 Å². The highest BCUT2D eigenvalue weighted by atomic mass is 16.6. The summed E-state index contributed by atoms with van der Waals surface area (Å²) in [4.78, 5) is 25.6. The molecule has 0 N–H and O–H groups in total. The molecule has 0 rings (SSSR count). The summed E-state index contributed by atoms with van der Waals surface area (Å²) in [6.07, 6.45) is 80.0. The van der Waals surface area contributed by atoms with Crippen LogP contribution in [-0.2, 0) is 23.8 Å². The molecule has 0 bridgehead atoms. The smallest absolute Gasteiger partial charge is 0.306 e. The quantitative estimate of drug-likeness (QED) is 0.0345. The Labute approximate surface area is 450 Å². The third kappa shape index (κ3) is 60.4. The van der Waals surface area contributed by atoms with E-state index in [1.807, 2.05) is 0 Å². The molecule has 0 amide bonds. The average Bonchev–Trinajstić information content (AvgIpc) is 3.38. The molecule has 1 atom stereocenters. The van der Waals surface area contributed by atoms with Crippen LogP contribution in [0.25, 0.3) is 0 Å². The maximum Gasteiger partial charge on any atom is 0.306 e. The summed E-state index contributed by atoms with van der Waals surface area (Å²) in [6, 6.07) is 0. The summed E-state index contributed by atoms with van der Waals surface area (Å²) in [5, 5.41) is 0. The maximum atomic E-state index is 12.9. The van der Waals surface area contributed by atoms with Crippen LogP contribution in [0.1, 0.15) is 342 Å². The van der Waals surface area contributed by atoms with E-state index in [0.717, 1.165) is 64.2 Å². The highest BCUT2D eigenvalue weighted by Gasteiger charge is 2.18. The molecule has 0 heterocycles. The summed E-state index contributed by atoms with van der Waals surface area (Å²) in [7, 11) is 0. The van der Waals surface area contributed by atoms with E-state index in [1.165, 1.54) is 244 Å². The number of ether oxygens (including phenoxy) is 3. The topological polar surface area (TPSA) is 61.8 Å². The predicted octanol–water partition coefficient (Wildman–Crippen LogP) is 22.2. The summed E-state index contributed by atoms with van der Waals surface area (Å²) in [5.74, 6) is -0.392. The molecule has 0 saturated carbocycles. The van der Waals surface area contributed by atoms with E-state index in [-0.39, 0.29) is 25.2 Å². The molecule has 72 heavy (non-hydrogen) atoms. The van der Waals surface area contributed by atoms with Crippen LogP contribution in [-0.4, -0.2) is 37.9 Å². The normalized spacial score (nSPS) is 12.4. The van der Waals surface area contributed by atoms with Crippen molar-refractivity contribution in [2.75, 3.05) is 19.8 Å². The van der Waals surface area contributed by atoms with E-state index in [0.29, 0.717) is 19.4 Å². The second-order valence-electron chi connectivity index (χ2n) is 21.7. The molecule has 5 heteroatoms. The molecule has 0 aliphatic heterocycles. The summed E-state index contributed by atoms with van der Waals surface area (Å²) < 4.78 is 17.6. The van der Waals surface area contributed by atoms with E-state index in [1.54, 1.807) is 0 Å². The number of rotatable bonds is 60. The lowest BCUT2D eigenvalue weighted by molar-refractivity contribution is -0.163. The standard InChI is InChI=1S/C67H124O5/c1-4-7-10-13-16-19-22-25-28-31-34-36-39-42-45-48-51-54-57-60-66(68)71-64-65(63-70-62-59-56-53-50-47-44-41-38-33-30-27-24-21-18-15-12-9-6-3)72-67(69)61-58-55-52-49-46-43-40-37-35-32-29-26-23-20-17-14-11-8-5-2/h16,19,25,27-28,30,34,36,65H,4-15,17-18,20-24,26,29,31-33,35,37-64H2,1-3H3/b19-16-,28-25-,30-27-,36-34-. The Hall–Kier alpha value is -2.14. The van der Waals surface area contributed by atoms with Gasteiger partial charge < -0.3 is 14.2 Å². The SMILES string of the molecule is CCCCC/C=C\C/C=C\C/C=C\CCCCCCCCC(=O)OCC(COCCCCCCCCCC/C=C\CCCCCCCC)OC(=O)CCCCCCCCCCCCCCCCCCCCC. The first-order valence-electron chi connectivity index (χ1n) is 32.2. The molecule has 0 aliphatic carbocycles. The summed E-state index contributed by atoms with van der Waals surface area (Å²) in [6.45, 7) is 7.85. The van der Waals surface area contributed by atoms with Crippen molar-refractivity contribution in [1.82, 2.24) is 0 Å². The third-order valence-electron chi connectivity index (χ3n) is 14.3. The summed E-state index contributed by atoms with van der Waals surface area (Å²) in [5.41, 5.74) is 0. The largest absolute Gasteiger partial charge is 0.462 e. The van der Waals surface area contributed by atoms with Crippen LogP contribution in [0, 0.1) is 0 Å². The Morgan fingerprint density at radius 1 is 0.306 bits per heavy atom. The van der Waals surface area contributed by atoms with E-state index in [2.05, 4.69) is 69.4 Å². The number of allylic oxidation sites excluding steroid dienone is 8. The minimum absolute atomic E-state index is 0.0815. The second-order valence-corrected chi connectivity index (χ2v) is 21.7. The number of carbonyl (C=O) groups excluding carboxylic acids is 2. The zero-order chi connectivity index (χ0) is 52.0. The molecule has 1 unspecified atom stereocenters. The van der Waals surface area contributed by atoms with Gasteiger partial charge in [0.15, 0.2) is 6.10 Å². The predicted molar refractivity (Wildman–Crippen MR) is 316 cm³/mol. The number of esters is 2. The van der Waals surface area contributed by atoms with Crippen LogP contribution in [0.3, 0.4) is 0 Å². The van der Waals surface area contributed by atoms with Crippen molar-refractivity contribution in [2.45, 2.75) is 348 Å². The highest BCUT2D eigenvalue weighted by molar-refractivity contribution is 5.70. The van der Waals surface area contributed by atoms with Crippen LogP contribution in [0.4, 0.5) is 0 Å². The van der Waals surface area contributed by atoms with Gasteiger partial charge in [0.2, 0.25) is 0 Å². The third-order valence-corrected chi connectivity index (χ3v) is 14.3. The zero-order valence-electron chi connectivity index (χ0n) is 48.7. The van der Waals surface area contributed by atoms with Gasteiger partial charge in [0, 0.05) is 19.4 Å². The van der Waals surface area contributed by atoms with E-state index < -0.39 is 6.10 Å². The molecule has 0 fully saturated rings. The van der Waals surface area contributed by atoms with E-state index in [4.69, 9.17) is 14.2 Å². The number of carbonyl (C=O) groups is 2. The minimum Gasteiger partial charge on any atom is -0.462 e. The molecule has 0 aliphatic rings. The second kappa shape index (κ2) is 63.2. The van der Waals surface area contributed by atoms with Crippen molar-refractivity contribution >= 4 is 11.9 Å². The van der Waals surface area contributed by atoms with Gasteiger partial charge in [0.25, 0.3) is 0 Å². The zero-order valence-corrected chi connectivity index (χ0v) is 48.7. The van der Waals surface area contributed by atoms with Crippen molar-refractivity contribution in [2.24, 2.45) is 0 Å². The number of hydrogen-bond donors (Lipinski definition) is 0. The fraction of sp³-hybridized carbons (Fsp3) is 0.851. The number of hydrogen-bond acceptors (Lipinski definition) is 5. The van der Waals surface area contributed by atoms with Gasteiger partial charge in [-0.25, -0.2) is 0 Å². The molecule has 422 valence electrons. The van der Waals surface area contributed by atoms with Gasteiger partial charge in [-0.05, 0) is 83.5 Å². The van der Waals surface area contributed by atoms with Crippen LogP contribution in [0.5, 0.6) is 0 Å². The van der Waals surface area contributed by atoms with Gasteiger partial charge in [-0.2, -0.15) is 0 Å². The molecule has 0 aromatic rings. The van der Waals surface area contributed by atoms with Crippen LogP contribution < -0.4 is 0 Å². The lowest BCUT2D eigenvalue weighted by atomic mass is 10.0. The Morgan fingerprint density at radius 2 is 0.583 bits per heavy atom. The van der Waals surface area contributed by atoms with Crippen LogP contribution in [0.15, 0.2) is 48.6 Å². The van der Waals surface area contributed by atoms with Gasteiger partial charge >= 0.3 is 11.9 Å². The van der Waals surface area contributed by atoms with E-state index >= 15 is 0 Å². The van der Waals surface area contributed by atoms with Gasteiger partial charge in [-0.15, -0.1) is 0 Å². The molecule has 0 aromatic carbocycles. The monoisotopic (exact) mass is 1010 g/mol. The van der Waals surface area contributed by atoms with Crippen molar-refractivity contribution in [3.8, 4) is 0 Å². The molecule has 0 radical (unpaired) electrons. The molecule has 5 nitrogen and oxygen atoms in total. The molecule has 0 spiro atoms. The van der Waals surface area contributed by atoms with E-state index in [9.17, 15) is 9.59 Å².